The Labute approximate surface area is 167 Å². The van der Waals surface area contributed by atoms with Crippen LogP contribution < -0.4 is 14.8 Å². The van der Waals surface area contributed by atoms with E-state index in [9.17, 15) is 4.79 Å². The highest BCUT2D eigenvalue weighted by atomic mass is 16.6. The molecule has 0 aliphatic carbocycles. The lowest BCUT2D eigenvalue weighted by atomic mass is 9.87. The Kier molecular flexibility index (Phi) is 6.45. The summed E-state index contributed by atoms with van der Waals surface area (Å²) >= 11 is 0. The van der Waals surface area contributed by atoms with Gasteiger partial charge in [0.15, 0.2) is 0 Å². The van der Waals surface area contributed by atoms with Gasteiger partial charge in [-0.1, -0.05) is 30.3 Å². The van der Waals surface area contributed by atoms with Crippen LogP contribution >= 0.6 is 0 Å². The molecular formula is C23H29NO4. The maximum atomic E-state index is 11.7. The molecule has 0 saturated heterocycles. The number of alkyl carbamates (subject to hydrolysis) is 1. The van der Waals surface area contributed by atoms with Crippen LogP contribution in [0.4, 0.5) is 4.79 Å². The molecule has 1 amide bonds. The molecule has 2 aromatic carbocycles. The Morgan fingerprint density at radius 3 is 2.71 bits per heavy atom. The maximum Gasteiger partial charge on any atom is 0.407 e. The molecule has 1 unspecified atom stereocenters. The van der Waals surface area contributed by atoms with Crippen molar-refractivity contribution < 1.29 is 19.0 Å². The lowest BCUT2D eigenvalue weighted by Crippen LogP contribution is -2.34. The summed E-state index contributed by atoms with van der Waals surface area (Å²) in [6, 6.07) is 16.5. The largest absolute Gasteiger partial charge is 0.493 e. The zero-order valence-electron chi connectivity index (χ0n) is 16.9. The summed E-state index contributed by atoms with van der Waals surface area (Å²) in [6.07, 6.45) is 1.55. The topological polar surface area (TPSA) is 56.8 Å². The Morgan fingerprint density at radius 1 is 1.18 bits per heavy atom. The fraction of sp³-hybridized carbons (Fsp3) is 0.435. The van der Waals surface area contributed by atoms with Crippen LogP contribution in [0.15, 0.2) is 48.5 Å². The first kappa shape index (κ1) is 20.1. The van der Waals surface area contributed by atoms with E-state index in [0.29, 0.717) is 19.1 Å². The fourth-order valence-corrected chi connectivity index (χ4v) is 3.28. The second-order valence-electron chi connectivity index (χ2n) is 8.00. The average molecular weight is 383 g/mol. The standard InChI is InChI=1S/C23H29NO4/c1-23(2,3)28-22(25)24-12-14-26-19-9-10-21-20(16-19)18(11-13-27-21)15-17-7-5-4-6-8-17/h4-10,16,18H,11-15H2,1-3H3,(H,24,25). The minimum atomic E-state index is -0.503. The average Bonchev–Trinajstić information content (AvgIpc) is 2.65. The number of fused-ring (bicyclic) bond motifs is 1. The van der Waals surface area contributed by atoms with Crippen molar-refractivity contribution in [2.24, 2.45) is 0 Å². The van der Waals surface area contributed by atoms with E-state index in [0.717, 1.165) is 30.9 Å². The molecule has 0 spiro atoms. The SMILES string of the molecule is CC(C)(C)OC(=O)NCCOc1ccc2c(c1)C(Cc1ccccc1)CCO2. The molecule has 5 heteroatoms. The number of ether oxygens (including phenoxy) is 3. The predicted octanol–water partition coefficient (Wildman–Crippen LogP) is 4.70. The maximum absolute atomic E-state index is 11.7. The molecule has 0 radical (unpaired) electrons. The molecule has 5 nitrogen and oxygen atoms in total. The molecule has 1 atom stereocenters. The third-order valence-corrected chi connectivity index (χ3v) is 4.51. The van der Waals surface area contributed by atoms with Gasteiger partial charge in [0.05, 0.1) is 13.2 Å². The van der Waals surface area contributed by atoms with Crippen molar-refractivity contribution in [2.75, 3.05) is 19.8 Å². The molecule has 2 aromatic rings. The van der Waals surface area contributed by atoms with Crippen LogP contribution in [0.5, 0.6) is 11.5 Å². The van der Waals surface area contributed by atoms with E-state index in [-0.39, 0.29) is 0 Å². The molecule has 0 bridgehead atoms. The van der Waals surface area contributed by atoms with E-state index in [4.69, 9.17) is 14.2 Å². The van der Waals surface area contributed by atoms with Gasteiger partial charge in [0.25, 0.3) is 0 Å². The van der Waals surface area contributed by atoms with Gasteiger partial charge in [0, 0.05) is 5.56 Å². The van der Waals surface area contributed by atoms with E-state index < -0.39 is 11.7 Å². The third kappa shape index (κ3) is 5.91. The number of benzene rings is 2. The van der Waals surface area contributed by atoms with Crippen molar-refractivity contribution in [3.05, 3.63) is 59.7 Å². The van der Waals surface area contributed by atoms with Gasteiger partial charge in [-0.05, 0) is 63.3 Å². The van der Waals surface area contributed by atoms with Crippen molar-refractivity contribution >= 4 is 6.09 Å². The Morgan fingerprint density at radius 2 is 1.96 bits per heavy atom. The van der Waals surface area contributed by atoms with Crippen molar-refractivity contribution in [1.29, 1.82) is 0 Å². The molecule has 1 N–H and O–H groups in total. The number of amides is 1. The Balaban J connectivity index is 1.56. The molecule has 3 rings (SSSR count). The van der Waals surface area contributed by atoms with Crippen molar-refractivity contribution in [1.82, 2.24) is 5.32 Å². The molecule has 1 aliphatic heterocycles. The second kappa shape index (κ2) is 9.00. The molecule has 0 fully saturated rings. The van der Waals surface area contributed by atoms with Crippen LogP contribution in [0.3, 0.4) is 0 Å². The molecule has 150 valence electrons. The lowest BCUT2D eigenvalue weighted by molar-refractivity contribution is 0.0520. The summed E-state index contributed by atoms with van der Waals surface area (Å²) in [7, 11) is 0. The van der Waals surface area contributed by atoms with Gasteiger partial charge in [-0.15, -0.1) is 0 Å². The predicted molar refractivity (Wildman–Crippen MR) is 109 cm³/mol. The van der Waals surface area contributed by atoms with Gasteiger partial charge in [-0.3, -0.25) is 0 Å². The van der Waals surface area contributed by atoms with Gasteiger partial charge >= 0.3 is 6.09 Å². The number of rotatable bonds is 6. The van der Waals surface area contributed by atoms with Crippen molar-refractivity contribution in [3.63, 3.8) is 0 Å². The molecule has 1 heterocycles. The summed E-state index contributed by atoms with van der Waals surface area (Å²) in [6.45, 7) is 7.01. The zero-order chi connectivity index (χ0) is 20.0. The van der Waals surface area contributed by atoms with Gasteiger partial charge in [0.2, 0.25) is 0 Å². The van der Waals surface area contributed by atoms with Crippen LogP contribution in [0, 0.1) is 0 Å². The van der Waals surface area contributed by atoms with E-state index >= 15 is 0 Å². The smallest absolute Gasteiger partial charge is 0.407 e. The highest BCUT2D eigenvalue weighted by molar-refractivity contribution is 5.67. The number of hydrogen-bond donors (Lipinski definition) is 1. The number of carbonyl (C=O) groups is 1. The van der Waals surface area contributed by atoms with E-state index in [1.165, 1.54) is 11.1 Å². The van der Waals surface area contributed by atoms with Crippen LogP contribution in [0.25, 0.3) is 0 Å². The summed E-state index contributed by atoms with van der Waals surface area (Å²) in [5.74, 6) is 2.13. The quantitative estimate of drug-likeness (QED) is 0.735. The lowest BCUT2D eigenvalue weighted by Gasteiger charge is -2.26. The normalized spacial score (nSPS) is 15.9. The van der Waals surface area contributed by atoms with E-state index in [2.05, 4.69) is 35.6 Å². The van der Waals surface area contributed by atoms with E-state index in [1.54, 1.807) is 0 Å². The van der Waals surface area contributed by atoms with Crippen LogP contribution in [-0.4, -0.2) is 31.5 Å². The second-order valence-corrected chi connectivity index (χ2v) is 8.00. The summed E-state index contributed by atoms with van der Waals surface area (Å²) in [5.41, 5.74) is 2.01. The third-order valence-electron chi connectivity index (χ3n) is 4.51. The van der Waals surface area contributed by atoms with Crippen molar-refractivity contribution in [3.8, 4) is 11.5 Å². The molecule has 0 saturated carbocycles. The highest BCUT2D eigenvalue weighted by Gasteiger charge is 2.22. The first-order chi connectivity index (χ1) is 13.4. The highest BCUT2D eigenvalue weighted by Crippen LogP contribution is 2.38. The van der Waals surface area contributed by atoms with Gasteiger partial charge in [-0.2, -0.15) is 0 Å². The van der Waals surface area contributed by atoms with Crippen molar-refractivity contribution in [2.45, 2.75) is 45.1 Å². The molecular weight excluding hydrogens is 354 g/mol. The molecule has 1 aliphatic rings. The minimum Gasteiger partial charge on any atom is -0.493 e. The monoisotopic (exact) mass is 383 g/mol. The summed E-state index contributed by atoms with van der Waals surface area (Å²) in [4.78, 5) is 11.7. The first-order valence-corrected chi connectivity index (χ1v) is 9.81. The first-order valence-electron chi connectivity index (χ1n) is 9.81. The minimum absolute atomic E-state index is 0.377. The molecule has 0 aromatic heterocycles. The molecule has 28 heavy (non-hydrogen) atoms. The number of nitrogens with one attached hydrogen (secondary N) is 1. The van der Waals surface area contributed by atoms with Crippen LogP contribution in [-0.2, 0) is 11.2 Å². The van der Waals surface area contributed by atoms with E-state index in [1.807, 2.05) is 39.0 Å². The fourth-order valence-electron chi connectivity index (χ4n) is 3.28. The summed E-state index contributed by atoms with van der Waals surface area (Å²) < 4.78 is 16.9. The van der Waals surface area contributed by atoms with Crippen LogP contribution in [0.1, 0.15) is 44.2 Å². The van der Waals surface area contributed by atoms with Crippen LogP contribution in [0.2, 0.25) is 0 Å². The Bertz CT molecular complexity index is 783. The van der Waals surface area contributed by atoms with Gasteiger partial charge < -0.3 is 19.5 Å². The number of carbonyl (C=O) groups excluding carboxylic acids is 1. The number of hydrogen-bond acceptors (Lipinski definition) is 4. The zero-order valence-corrected chi connectivity index (χ0v) is 16.9. The Hall–Kier alpha value is -2.69. The van der Waals surface area contributed by atoms with Gasteiger partial charge in [-0.25, -0.2) is 4.79 Å². The van der Waals surface area contributed by atoms with Gasteiger partial charge in [0.1, 0.15) is 23.7 Å². The summed E-state index contributed by atoms with van der Waals surface area (Å²) in [5, 5.41) is 2.70.